The van der Waals surface area contributed by atoms with Gasteiger partial charge in [-0.15, -0.1) is 0 Å². The third-order valence-electron chi connectivity index (χ3n) is 3.77. The molecule has 7 nitrogen and oxygen atoms in total. The lowest BCUT2D eigenvalue weighted by Gasteiger charge is -2.20. The van der Waals surface area contributed by atoms with Crippen LogP contribution in [-0.4, -0.2) is 35.5 Å². The van der Waals surface area contributed by atoms with Crippen molar-refractivity contribution in [2.24, 2.45) is 0 Å². The molecular weight excluding hydrogens is 362 g/mol. The first kappa shape index (κ1) is 21.0. The summed E-state index contributed by atoms with van der Waals surface area (Å²) < 4.78 is 11.0. The summed E-state index contributed by atoms with van der Waals surface area (Å²) in [4.78, 5) is 23.1. The molecule has 28 heavy (non-hydrogen) atoms. The van der Waals surface area contributed by atoms with E-state index in [-0.39, 0.29) is 19.6 Å². The molecule has 1 amide bonds. The number of anilines is 1. The molecule has 0 heterocycles. The third kappa shape index (κ3) is 6.77. The first-order chi connectivity index (χ1) is 13.5. The van der Waals surface area contributed by atoms with E-state index in [0.29, 0.717) is 17.0 Å². The molecule has 0 saturated carbocycles. The number of aliphatic hydroxyl groups excluding tert-OH is 1. The van der Waals surface area contributed by atoms with Crippen LogP contribution in [0.2, 0.25) is 0 Å². The summed E-state index contributed by atoms with van der Waals surface area (Å²) in [6, 6.07) is 14.2. The molecule has 0 aliphatic rings. The minimum Gasteiger partial charge on any atom is -0.491 e. The molecule has 3 N–H and O–H groups in total. The Morgan fingerprint density at radius 2 is 1.86 bits per heavy atom. The van der Waals surface area contributed by atoms with E-state index >= 15 is 0 Å². The summed E-state index contributed by atoms with van der Waals surface area (Å²) in [6.07, 6.45) is 1.11. The number of benzene rings is 2. The molecule has 2 aromatic carbocycles. The normalized spacial score (nSPS) is 11.8. The van der Waals surface area contributed by atoms with Crippen molar-refractivity contribution in [1.29, 1.82) is 0 Å². The molecule has 7 heteroatoms. The maximum atomic E-state index is 12.3. The molecular formula is C21H23NO6. The molecule has 1 atom stereocenters. The number of carboxylic acids is 1. The number of aliphatic hydroxyl groups is 1. The molecule has 2 aromatic rings. The van der Waals surface area contributed by atoms with Crippen molar-refractivity contribution in [3.63, 3.8) is 0 Å². The molecule has 0 saturated heterocycles. The van der Waals surface area contributed by atoms with Gasteiger partial charge in [0, 0.05) is 23.7 Å². The zero-order chi connectivity index (χ0) is 20.4. The van der Waals surface area contributed by atoms with E-state index in [2.05, 4.69) is 5.32 Å². The Morgan fingerprint density at radius 1 is 1.14 bits per heavy atom. The van der Waals surface area contributed by atoms with E-state index < -0.39 is 18.2 Å². The summed E-state index contributed by atoms with van der Waals surface area (Å²) in [5, 5.41) is 20.4. The standard InChI is InChI=1S/C21H23NO6/c1-15-9-11-16(12-10-15)22-21(26)28-19(7-4-8-20(24)25)17-5-2-3-6-18(17)27-14-13-23/h2-6,8-12,19,23H,7,13-14H2,1H3,(H,22,26)(H,24,25)/b8-4+/t19-/m0/s1. The second kappa shape index (κ2) is 10.7. The van der Waals surface area contributed by atoms with E-state index in [9.17, 15) is 9.59 Å². The van der Waals surface area contributed by atoms with E-state index in [1.165, 1.54) is 6.08 Å². The summed E-state index contributed by atoms with van der Waals surface area (Å²) >= 11 is 0. The van der Waals surface area contributed by atoms with Crippen molar-refractivity contribution in [2.45, 2.75) is 19.4 Å². The van der Waals surface area contributed by atoms with Crippen LogP contribution in [0, 0.1) is 6.92 Å². The van der Waals surface area contributed by atoms with Crippen LogP contribution in [0.15, 0.2) is 60.7 Å². The van der Waals surface area contributed by atoms with Gasteiger partial charge in [-0.2, -0.15) is 0 Å². The average molecular weight is 385 g/mol. The van der Waals surface area contributed by atoms with Gasteiger partial charge in [-0.25, -0.2) is 9.59 Å². The van der Waals surface area contributed by atoms with Gasteiger partial charge in [-0.3, -0.25) is 5.32 Å². The number of carbonyl (C=O) groups is 2. The fourth-order valence-electron chi connectivity index (χ4n) is 2.48. The van der Waals surface area contributed by atoms with Crippen LogP contribution in [0.3, 0.4) is 0 Å². The molecule has 0 spiro atoms. The van der Waals surface area contributed by atoms with Crippen LogP contribution in [0.25, 0.3) is 0 Å². The Balaban J connectivity index is 2.18. The van der Waals surface area contributed by atoms with Gasteiger partial charge in [-0.05, 0) is 25.1 Å². The average Bonchev–Trinajstić information content (AvgIpc) is 2.67. The topological polar surface area (TPSA) is 105 Å². The molecule has 0 radical (unpaired) electrons. The molecule has 0 aliphatic carbocycles. The summed E-state index contributed by atoms with van der Waals surface area (Å²) in [5.41, 5.74) is 2.22. The van der Waals surface area contributed by atoms with E-state index in [1.807, 2.05) is 19.1 Å². The van der Waals surface area contributed by atoms with Gasteiger partial charge in [-0.1, -0.05) is 42.0 Å². The summed E-state index contributed by atoms with van der Waals surface area (Å²) in [6.45, 7) is 1.87. The van der Waals surface area contributed by atoms with Crippen LogP contribution in [0.1, 0.15) is 23.7 Å². The maximum absolute atomic E-state index is 12.3. The molecule has 0 bridgehead atoms. The van der Waals surface area contributed by atoms with E-state index in [1.54, 1.807) is 36.4 Å². The quantitative estimate of drug-likeness (QED) is 0.569. The highest BCUT2D eigenvalue weighted by molar-refractivity contribution is 5.84. The Labute approximate surface area is 163 Å². The lowest BCUT2D eigenvalue weighted by molar-refractivity contribution is -0.131. The van der Waals surface area contributed by atoms with Crippen LogP contribution < -0.4 is 10.1 Å². The number of carboxylic acid groups (broad SMARTS) is 1. The van der Waals surface area contributed by atoms with Crippen molar-refractivity contribution in [3.05, 3.63) is 71.8 Å². The zero-order valence-corrected chi connectivity index (χ0v) is 15.5. The highest BCUT2D eigenvalue weighted by Gasteiger charge is 2.20. The number of ether oxygens (including phenoxy) is 2. The monoisotopic (exact) mass is 385 g/mol. The number of hydrogen-bond donors (Lipinski definition) is 3. The van der Waals surface area contributed by atoms with Crippen molar-refractivity contribution < 1.29 is 29.3 Å². The molecule has 0 aliphatic heterocycles. The predicted molar refractivity (Wildman–Crippen MR) is 104 cm³/mol. The smallest absolute Gasteiger partial charge is 0.412 e. The van der Waals surface area contributed by atoms with Crippen LogP contribution in [-0.2, 0) is 9.53 Å². The van der Waals surface area contributed by atoms with Gasteiger partial charge in [0.15, 0.2) is 0 Å². The minimum atomic E-state index is -1.09. The number of rotatable bonds is 9. The number of aliphatic carboxylic acids is 1. The zero-order valence-electron chi connectivity index (χ0n) is 15.5. The minimum absolute atomic E-state index is 0.0876. The fraction of sp³-hybridized carbons (Fsp3) is 0.238. The van der Waals surface area contributed by atoms with Crippen molar-refractivity contribution in [1.82, 2.24) is 0 Å². The van der Waals surface area contributed by atoms with Crippen molar-refractivity contribution >= 4 is 17.7 Å². The molecule has 0 aromatic heterocycles. The Kier molecular flexibility index (Phi) is 8.05. The second-order valence-corrected chi connectivity index (χ2v) is 5.97. The van der Waals surface area contributed by atoms with Crippen molar-refractivity contribution in [2.75, 3.05) is 18.5 Å². The van der Waals surface area contributed by atoms with Crippen LogP contribution in [0.5, 0.6) is 5.75 Å². The second-order valence-electron chi connectivity index (χ2n) is 5.97. The lowest BCUT2D eigenvalue weighted by Crippen LogP contribution is -2.18. The van der Waals surface area contributed by atoms with Crippen molar-refractivity contribution in [3.8, 4) is 5.75 Å². The molecule has 2 rings (SSSR count). The molecule has 0 fully saturated rings. The molecule has 0 unspecified atom stereocenters. The third-order valence-corrected chi connectivity index (χ3v) is 3.77. The highest BCUT2D eigenvalue weighted by atomic mass is 16.6. The number of aryl methyl sites for hydroxylation is 1. The van der Waals surface area contributed by atoms with Crippen LogP contribution in [0.4, 0.5) is 10.5 Å². The Bertz CT molecular complexity index is 816. The van der Waals surface area contributed by atoms with Gasteiger partial charge in [0.2, 0.25) is 0 Å². The van der Waals surface area contributed by atoms with Crippen LogP contribution >= 0.6 is 0 Å². The molecule has 148 valence electrons. The summed E-state index contributed by atoms with van der Waals surface area (Å²) in [7, 11) is 0. The number of carbonyl (C=O) groups excluding carboxylic acids is 1. The SMILES string of the molecule is Cc1ccc(NC(=O)O[C@@H](C/C=C/C(=O)O)c2ccccc2OCCO)cc1. The summed E-state index contributed by atoms with van der Waals surface area (Å²) in [5.74, 6) is -0.638. The Morgan fingerprint density at radius 3 is 2.54 bits per heavy atom. The van der Waals surface area contributed by atoms with Gasteiger partial charge in [0.25, 0.3) is 0 Å². The number of nitrogens with one attached hydrogen (secondary N) is 1. The van der Waals surface area contributed by atoms with Gasteiger partial charge >= 0.3 is 12.1 Å². The Hall–Kier alpha value is -3.32. The highest BCUT2D eigenvalue weighted by Crippen LogP contribution is 2.31. The van der Waals surface area contributed by atoms with Gasteiger partial charge in [0.1, 0.15) is 18.5 Å². The lowest BCUT2D eigenvalue weighted by atomic mass is 10.0. The van der Waals surface area contributed by atoms with Gasteiger partial charge < -0.3 is 19.7 Å². The van der Waals surface area contributed by atoms with E-state index in [4.69, 9.17) is 19.7 Å². The predicted octanol–water partition coefficient (Wildman–Crippen LogP) is 3.69. The maximum Gasteiger partial charge on any atom is 0.412 e. The number of amides is 1. The first-order valence-electron chi connectivity index (χ1n) is 8.76. The largest absolute Gasteiger partial charge is 0.491 e. The number of hydrogen-bond acceptors (Lipinski definition) is 5. The first-order valence-corrected chi connectivity index (χ1v) is 8.76. The number of para-hydroxylation sites is 1. The van der Waals surface area contributed by atoms with E-state index in [0.717, 1.165) is 11.6 Å². The van der Waals surface area contributed by atoms with Gasteiger partial charge in [0.05, 0.1) is 6.61 Å². The fourth-order valence-corrected chi connectivity index (χ4v) is 2.48.